The maximum atomic E-state index is 12.0. The first-order chi connectivity index (χ1) is 3.39. The van der Waals surface area contributed by atoms with E-state index in [1.807, 2.05) is 6.08 Å². The van der Waals surface area contributed by atoms with Crippen LogP contribution in [0.25, 0.3) is 0 Å². The quantitative estimate of drug-likeness (QED) is 0.435. The summed E-state index contributed by atoms with van der Waals surface area (Å²) in [6, 6.07) is 0. The molecule has 0 nitrogen and oxygen atoms in total. The first-order valence-corrected chi connectivity index (χ1v) is 2.41. The minimum Gasteiger partial charge on any atom is -0.212 e. The summed E-state index contributed by atoms with van der Waals surface area (Å²) in [5.41, 5.74) is 0. The smallest absolute Gasteiger partial charge is 0.100 e. The molecule has 0 saturated heterocycles. The first kappa shape index (κ1) is 4.57. The van der Waals surface area contributed by atoms with Gasteiger partial charge in [0, 0.05) is 6.42 Å². The Morgan fingerprint density at radius 2 is 2.43 bits per heavy atom. The molecule has 0 saturated carbocycles. The second-order valence-electron chi connectivity index (χ2n) is 1.58. The van der Waals surface area contributed by atoms with E-state index in [9.17, 15) is 4.39 Å². The van der Waals surface area contributed by atoms with Crippen LogP contribution >= 0.6 is 0 Å². The van der Waals surface area contributed by atoms with Crippen LogP contribution in [0.3, 0.4) is 0 Å². The van der Waals surface area contributed by atoms with Gasteiger partial charge in [-0.2, -0.15) is 0 Å². The SMILES string of the molecule is FC1=CC=CCC1. The van der Waals surface area contributed by atoms with E-state index in [0.717, 1.165) is 6.42 Å². The van der Waals surface area contributed by atoms with Gasteiger partial charge in [-0.15, -0.1) is 0 Å². The van der Waals surface area contributed by atoms with Gasteiger partial charge in [-0.25, -0.2) is 4.39 Å². The van der Waals surface area contributed by atoms with E-state index in [1.54, 1.807) is 6.08 Å². The topological polar surface area (TPSA) is 0 Å². The summed E-state index contributed by atoms with van der Waals surface area (Å²) in [6.45, 7) is 0. The number of hydrogen-bond acceptors (Lipinski definition) is 0. The fourth-order valence-corrected chi connectivity index (χ4v) is 0.573. The Morgan fingerprint density at radius 1 is 1.57 bits per heavy atom. The van der Waals surface area contributed by atoms with Crippen molar-refractivity contribution in [2.45, 2.75) is 12.8 Å². The average molecular weight is 98.1 g/mol. The van der Waals surface area contributed by atoms with E-state index in [-0.39, 0.29) is 5.83 Å². The third kappa shape index (κ3) is 1.15. The lowest BCUT2D eigenvalue weighted by Gasteiger charge is -1.94. The molecule has 0 atom stereocenters. The highest BCUT2D eigenvalue weighted by Crippen LogP contribution is 2.11. The molecule has 0 aromatic rings. The number of rotatable bonds is 0. The molecule has 0 aliphatic heterocycles. The van der Waals surface area contributed by atoms with E-state index in [1.165, 1.54) is 6.08 Å². The van der Waals surface area contributed by atoms with E-state index in [0.29, 0.717) is 6.42 Å². The predicted octanol–water partition coefficient (Wildman–Crippen LogP) is 2.19. The molecule has 38 valence electrons. The molecule has 1 aliphatic carbocycles. The lowest BCUT2D eigenvalue weighted by atomic mass is 10.2. The van der Waals surface area contributed by atoms with Crippen LogP contribution in [0.1, 0.15) is 12.8 Å². The Hall–Kier alpha value is -0.590. The average Bonchev–Trinajstić information content (AvgIpc) is 1.69. The molecule has 0 bridgehead atoms. The monoisotopic (exact) mass is 98.1 g/mol. The van der Waals surface area contributed by atoms with Gasteiger partial charge in [0.15, 0.2) is 0 Å². The molecule has 0 heterocycles. The Labute approximate surface area is 42.3 Å². The number of allylic oxidation sites excluding steroid dienone is 4. The summed E-state index contributed by atoms with van der Waals surface area (Å²) < 4.78 is 12.0. The van der Waals surface area contributed by atoms with Crippen LogP contribution in [0.5, 0.6) is 0 Å². The summed E-state index contributed by atoms with van der Waals surface area (Å²) in [7, 11) is 0. The predicted molar refractivity (Wildman–Crippen MR) is 27.6 cm³/mol. The van der Waals surface area contributed by atoms with Crippen LogP contribution in [-0.4, -0.2) is 0 Å². The minimum absolute atomic E-state index is 0.00231. The summed E-state index contributed by atoms with van der Waals surface area (Å²) in [5.74, 6) is 0.00231. The molecule has 0 N–H and O–H groups in total. The maximum Gasteiger partial charge on any atom is 0.100 e. The largest absolute Gasteiger partial charge is 0.212 e. The summed E-state index contributed by atoms with van der Waals surface area (Å²) in [5, 5.41) is 0. The van der Waals surface area contributed by atoms with Gasteiger partial charge in [-0.3, -0.25) is 0 Å². The normalized spacial score (nSPS) is 19.3. The molecule has 1 aliphatic rings. The second kappa shape index (κ2) is 1.92. The van der Waals surface area contributed by atoms with Gasteiger partial charge in [0.1, 0.15) is 5.83 Å². The van der Waals surface area contributed by atoms with E-state index < -0.39 is 0 Å². The zero-order chi connectivity index (χ0) is 5.11. The van der Waals surface area contributed by atoms with Crippen LogP contribution in [0.4, 0.5) is 4.39 Å². The molecule has 0 fully saturated rings. The van der Waals surface area contributed by atoms with Gasteiger partial charge in [0.25, 0.3) is 0 Å². The fraction of sp³-hybridized carbons (Fsp3) is 0.333. The van der Waals surface area contributed by atoms with Gasteiger partial charge in [-0.1, -0.05) is 12.2 Å². The van der Waals surface area contributed by atoms with Crippen LogP contribution in [0, 0.1) is 0 Å². The zero-order valence-corrected chi connectivity index (χ0v) is 4.02. The van der Waals surface area contributed by atoms with Gasteiger partial charge in [0.05, 0.1) is 0 Å². The molecule has 0 aromatic carbocycles. The van der Waals surface area contributed by atoms with E-state index in [4.69, 9.17) is 0 Å². The molecule has 0 unspecified atom stereocenters. The highest BCUT2D eigenvalue weighted by molar-refractivity contribution is 5.11. The lowest BCUT2D eigenvalue weighted by molar-refractivity contribution is 0.588. The summed E-state index contributed by atoms with van der Waals surface area (Å²) in [6.07, 6.45) is 6.67. The van der Waals surface area contributed by atoms with Crippen LogP contribution in [-0.2, 0) is 0 Å². The van der Waals surface area contributed by atoms with E-state index >= 15 is 0 Å². The van der Waals surface area contributed by atoms with Crippen molar-refractivity contribution in [2.24, 2.45) is 0 Å². The van der Waals surface area contributed by atoms with Crippen LogP contribution < -0.4 is 0 Å². The standard InChI is InChI=1S/C6H7F/c7-6-4-2-1-3-5-6/h1-2,4H,3,5H2. The molecule has 0 radical (unpaired) electrons. The lowest BCUT2D eigenvalue weighted by Crippen LogP contribution is -1.76. The maximum absolute atomic E-state index is 12.0. The van der Waals surface area contributed by atoms with Crippen molar-refractivity contribution in [3.05, 3.63) is 24.1 Å². The fourth-order valence-electron chi connectivity index (χ4n) is 0.573. The van der Waals surface area contributed by atoms with Gasteiger partial charge in [-0.05, 0) is 12.5 Å². The molecule has 1 heteroatoms. The Bertz CT molecular complexity index is 111. The number of hydrogen-bond donors (Lipinski definition) is 0. The molecule has 7 heavy (non-hydrogen) atoms. The highest BCUT2D eigenvalue weighted by atomic mass is 19.1. The van der Waals surface area contributed by atoms with Gasteiger partial charge >= 0.3 is 0 Å². The molecule has 0 amide bonds. The first-order valence-electron chi connectivity index (χ1n) is 2.41. The molecule has 1 rings (SSSR count). The Balaban J connectivity index is 2.57. The second-order valence-corrected chi connectivity index (χ2v) is 1.58. The van der Waals surface area contributed by atoms with Crippen molar-refractivity contribution in [1.29, 1.82) is 0 Å². The van der Waals surface area contributed by atoms with Crippen LogP contribution in [0.2, 0.25) is 0 Å². The van der Waals surface area contributed by atoms with Crippen LogP contribution in [0.15, 0.2) is 24.1 Å². The van der Waals surface area contributed by atoms with Crippen molar-refractivity contribution >= 4 is 0 Å². The zero-order valence-electron chi connectivity index (χ0n) is 4.02. The van der Waals surface area contributed by atoms with Crippen molar-refractivity contribution in [1.82, 2.24) is 0 Å². The Kier molecular flexibility index (Phi) is 1.25. The van der Waals surface area contributed by atoms with E-state index in [2.05, 4.69) is 0 Å². The molecule has 0 spiro atoms. The van der Waals surface area contributed by atoms with Crippen molar-refractivity contribution in [3.8, 4) is 0 Å². The van der Waals surface area contributed by atoms with Crippen molar-refractivity contribution in [2.75, 3.05) is 0 Å². The third-order valence-corrected chi connectivity index (χ3v) is 0.963. The van der Waals surface area contributed by atoms with Gasteiger partial charge in [0.2, 0.25) is 0 Å². The minimum atomic E-state index is 0.00231. The molecular weight excluding hydrogens is 91.1 g/mol. The third-order valence-electron chi connectivity index (χ3n) is 0.963. The highest BCUT2D eigenvalue weighted by Gasteiger charge is 1.93. The van der Waals surface area contributed by atoms with Crippen molar-refractivity contribution < 1.29 is 4.39 Å². The number of halogens is 1. The summed E-state index contributed by atoms with van der Waals surface area (Å²) >= 11 is 0. The Morgan fingerprint density at radius 3 is 2.71 bits per heavy atom. The molecule has 0 aromatic heterocycles. The van der Waals surface area contributed by atoms with Crippen molar-refractivity contribution in [3.63, 3.8) is 0 Å². The summed E-state index contributed by atoms with van der Waals surface area (Å²) in [4.78, 5) is 0. The van der Waals surface area contributed by atoms with Gasteiger partial charge < -0.3 is 0 Å². The molecular formula is C6H7F.